The number of fused-ring (bicyclic) bond motifs is 1. The highest BCUT2D eigenvalue weighted by Crippen LogP contribution is 2.28. The van der Waals surface area contributed by atoms with E-state index in [0.29, 0.717) is 22.3 Å². The lowest BCUT2D eigenvalue weighted by molar-refractivity contribution is 0.0958. The number of aromatic nitrogens is 3. The number of amides is 1. The van der Waals surface area contributed by atoms with Crippen LogP contribution in [-0.4, -0.2) is 42.2 Å². The first-order valence-electron chi connectivity index (χ1n) is 9.66. The molecule has 0 saturated heterocycles. The largest absolute Gasteiger partial charge is 0.457 e. The molecule has 0 fully saturated rings. The first kappa shape index (κ1) is 21.3. The Kier molecular flexibility index (Phi) is 5.54. The van der Waals surface area contributed by atoms with Crippen LogP contribution in [-0.2, 0) is 16.9 Å². The molecular weight excluding hydrogens is 430 g/mol. The van der Waals surface area contributed by atoms with E-state index >= 15 is 0 Å². The number of hydrogen-bond acceptors (Lipinski definition) is 6. The highest BCUT2D eigenvalue weighted by atomic mass is 32.2. The van der Waals surface area contributed by atoms with Gasteiger partial charge in [-0.25, -0.2) is 9.19 Å². The number of ether oxygens (including phenoxy) is 1. The molecule has 1 amide bonds. The zero-order valence-electron chi connectivity index (χ0n) is 17.7. The lowest BCUT2D eigenvalue weighted by Crippen LogP contribution is -2.18. The molecule has 9 nitrogen and oxygen atoms in total. The molecule has 2 heterocycles. The van der Waals surface area contributed by atoms with E-state index in [9.17, 15) is 13.2 Å². The van der Waals surface area contributed by atoms with Gasteiger partial charge in [-0.3, -0.25) is 9.78 Å². The molecule has 4 aromatic rings. The second-order valence-corrected chi connectivity index (χ2v) is 9.23. The van der Waals surface area contributed by atoms with Gasteiger partial charge >= 0.3 is 0 Å². The van der Waals surface area contributed by atoms with Gasteiger partial charge in [0.2, 0.25) is 5.95 Å². The second-order valence-electron chi connectivity index (χ2n) is 7.15. The van der Waals surface area contributed by atoms with E-state index in [-0.39, 0.29) is 11.6 Å². The van der Waals surface area contributed by atoms with Crippen molar-refractivity contribution in [1.82, 2.24) is 19.9 Å². The van der Waals surface area contributed by atoms with Gasteiger partial charge in [0.1, 0.15) is 22.1 Å². The van der Waals surface area contributed by atoms with E-state index in [1.54, 1.807) is 43.4 Å². The van der Waals surface area contributed by atoms with Gasteiger partial charge in [-0.1, -0.05) is 0 Å². The molecule has 0 aliphatic heterocycles. The van der Waals surface area contributed by atoms with Gasteiger partial charge in [0, 0.05) is 38.1 Å². The SMILES string of the molecule is CNC(=O)c1cc(Oc2ccc3c(c2)nc(Nc2ccc(S(C)(=O)=[OH+])cc2)n3C)ccn1. The third kappa shape index (κ3) is 4.40. The molecule has 164 valence electrons. The van der Waals surface area contributed by atoms with Crippen molar-refractivity contribution in [3.63, 3.8) is 0 Å². The van der Waals surface area contributed by atoms with Crippen LogP contribution in [0.4, 0.5) is 11.6 Å². The summed E-state index contributed by atoms with van der Waals surface area (Å²) >= 11 is 0. The predicted octanol–water partition coefficient (Wildman–Crippen LogP) is 3.42. The second kappa shape index (κ2) is 8.31. The quantitative estimate of drug-likeness (QED) is 0.433. The molecule has 0 bridgehead atoms. The number of carbonyl (C=O) groups excluding carboxylic acids is 1. The first-order chi connectivity index (χ1) is 15.2. The number of nitrogens with one attached hydrogen (secondary N) is 2. The fourth-order valence-corrected chi connectivity index (χ4v) is 3.78. The number of rotatable bonds is 6. The highest BCUT2D eigenvalue weighted by Gasteiger charge is 2.14. The Balaban J connectivity index is 1.58. The predicted molar refractivity (Wildman–Crippen MR) is 122 cm³/mol. The molecular formula is C22H22N5O4S+. The summed E-state index contributed by atoms with van der Waals surface area (Å²) in [6, 6.07) is 15.5. The summed E-state index contributed by atoms with van der Waals surface area (Å²) in [6.07, 6.45) is 2.80. The van der Waals surface area contributed by atoms with E-state index in [1.807, 2.05) is 29.8 Å². The van der Waals surface area contributed by atoms with Crippen molar-refractivity contribution in [2.24, 2.45) is 7.05 Å². The number of aryl methyl sites for hydroxylation is 1. The Hall–Kier alpha value is -3.92. The topological polar surface area (TPSA) is 120 Å². The van der Waals surface area contributed by atoms with Crippen LogP contribution in [0.25, 0.3) is 11.0 Å². The lowest BCUT2D eigenvalue weighted by Gasteiger charge is -2.07. The summed E-state index contributed by atoms with van der Waals surface area (Å²) in [6.45, 7) is 0. The number of benzene rings is 2. The van der Waals surface area contributed by atoms with Crippen LogP contribution in [0.5, 0.6) is 11.5 Å². The van der Waals surface area contributed by atoms with Crippen molar-refractivity contribution in [2.75, 3.05) is 18.6 Å². The molecule has 0 radical (unpaired) electrons. The third-order valence-corrected chi connectivity index (χ3v) is 5.97. The molecule has 1 atom stereocenters. The molecule has 0 aliphatic carbocycles. The summed E-state index contributed by atoms with van der Waals surface area (Å²) in [5, 5.41) is 5.75. The smallest absolute Gasteiger partial charge is 0.299 e. The van der Waals surface area contributed by atoms with Gasteiger partial charge in [-0.2, -0.15) is 4.21 Å². The standard InChI is InChI=1S/C22H21N5O4S/c1-23-21(28)19-13-16(10-11-24-19)31-15-6-9-20-18(12-15)26-22(27(20)2)25-14-4-7-17(8-5-14)32(3,29)30/h4-13H,1-3H3,(H,23,28)(H,25,26)/p+1. The fraction of sp³-hybridized carbons (Fsp3) is 0.136. The van der Waals surface area contributed by atoms with Crippen LogP contribution in [0.2, 0.25) is 0 Å². The van der Waals surface area contributed by atoms with Crippen LogP contribution >= 0.6 is 0 Å². The van der Waals surface area contributed by atoms with E-state index in [2.05, 4.69) is 20.6 Å². The maximum atomic E-state index is 11.8. The minimum absolute atomic E-state index is 0.265. The zero-order valence-corrected chi connectivity index (χ0v) is 18.5. The summed E-state index contributed by atoms with van der Waals surface area (Å²) in [5.74, 6) is 1.38. The monoisotopic (exact) mass is 452 g/mol. The minimum Gasteiger partial charge on any atom is -0.457 e. The summed E-state index contributed by atoms with van der Waals surface area (Å²) in [4.78, 5) is 20.8. The van der Waals surface area contributed by atoms with Crippen molar-refractivity contribution in [3.05, 3.63) is 66.5 Å². The highest BCUT2D eigenvalue weighted by molar-refractivity contribution is 7.90. The van der Waals surface area contributed by atoms with E-state index in [4.69, 9.17) is 4.74 Å². The molecule has 2 aromatic heterocycles. The third-order valence-electron chi connectivity index (χ3n) is 4.83. The zero-order chi connectivity index (χ0) is 22.9. The Morgan fingerprint density at radius 1 is 1.09 bits per heavy atom. The molecule has 1 unspecified atom stereocenters. The number of hydrogen-bond donors (Lipinski definition) is 2. The molecule has 0 spiro atoms. The van der Waals surface area contributed by atoms with Gasteiger partial charge in [0.15, 0.2) is 0 Å². The van der Waals surface area contributed by atoms with Gasteiger partial charge < -0.3 is 19.9 Å². The average molecular weight is 453 g/mol. The Morgan fingerprint density at radius 3 is 2.50 bits per heavy atom. The van der Waals surface area contributed by atoms with Crippen molar-refractivity contribution in [2.45, 2.75) is 4.90 Å². The lowest BCUT2D eigenvalue weighted by atomic mass is 10.3. The number of carbonyl (C=O) groups is 1. The van der Waals surface area contributed by atoms with Gasteiger partial charge in [-0.15, -0.1) is 0 Å². The number of nitrogens with zero attached hydrogens (tertiary/aromatic N) is 3. The summed E-state index contributed by atoms with van der Waals surface area (Å²) < 4.78 is 29.2. The Morgan fingerprint density at radius 2 is 1.81 bits per heavy atom. The Labute approximate surface area is 185 Å². The molecule has 3 N–H and O–H groups in total. The summed E-state index contributed by atoms with van der Waals surface area (Å²) in [7, 11) is 0.430. The van der Waals surface area contributed by atoms with Crippen LogP contribution in [0, 0.1) is 0 Å². The number of pyridine rings is 1. The van der Waals surface area contributed by atoms with Gasteiger partial charge in [0.25, 0.3) is 15.7 Å². The molecule has 10 heteroatoms. The normalized spacial score (nSPS) is 12.8. The van der Waals surface area contributed by atoms with Crippen molar-refractivity contribution in [3.8, 4) is 11.5 Å². The van der Waals surface area contributed by atoms with Crippen LogP contribution in [0.3, 0.4) is 0 Å². The Bertz CT molecular complexity index is 1410. The van der Waals surface area contributed by atoms with E-state index in [0.717, 1.165) is 16.7 Å². The van der Waals surface area contributed by atoms with E-state index < -0.39 is 9.84 Å². The van der Waals surface area contributed by atoms with E-state index in [1.165, 1.54) is 12.5 Å². The van der Waals surface area contributed by atoms with Crippen molar-refractivity contribution < 1.29 is 17.9 Å². The molecule has 0 saturated carbocycles. The summed E-state index contributed by atoms with van der Waals surface area (Å²) in [5.41, 5.74) is 2.62. The maximum Gasteiger partial charge on any atom is 0.299 e. The van der Waals surface area contributed by atoms with Gasteiger partial charge in [-0.05, 0) is 42.5 Å². The van der Waals surface area contributed by atoms with Gasteiger partial charge in [0.05, 0.1) is 17.3 Å². The average Bonchev–Trinajstić information content (AvgIpc) is 3.07. The first-order valence-corrected chi connectivity index (χ1v) is 11.6. The van der Waals surface area contributed by atoms with Crippen LogP contribution < -0.4 is 15.4 Å². The number of anilines is 2. The van der Waals surface area contributed by atoms with Crippen LogP contribution in [0.1, 0.15) is 10.5 Å². The maximum absolute atomic E-state index is 11.8. The molecule has 0 aliphatic rings. The minimum atomic E-state index is -3.00. The fourth-order valence-electron chi connectivity index (χ4n) is 3.14. The molecule has 4 rings (SSSR count). The van der Waals surface area contributed by atoms with Crippen molar-refractivity contribution >= 4 is 38.4 Å². The van der Waals surface area contributed by atoms with Crippen LogP contribution in [0.15, 0.2) is 65.7 Å². The molecule has 32 heavy (non-hydrogen) atoms. The molecule has 2 aromatic carbocycles. The van der Waals surface area contributed by atoms with Crippen molar-refractivity contribution in [1.29, 1.82) is 0 Å². The number of imidazole rings is 1.